The largest absolute Gasteiger partial charge is 0.493 e. The Morgan fingerprint density at radius 1 is 1.28 bits per heavy atom. The highest BCUT2D eigenvalue weighted by atomic mass is 16.5. The van der Waals surface area contributed by atoms with Crippen molar-refractivity contribution in [2.24, 2.45) is 0 Å². The number of hydrogen-bond acceptors (Lipinski definition) is 3. The SMILES string of the molecule is CC(C)NCc1ccccc1OCCC(C)(C)O. The lowest BCUT2D eigenvalue weighted by Crippen LogP contribution is -2.23. The van der Waals surface area contributed by atoms with E-state index >= 15 is 0 Å². The Morgan fingerprint density at radius 2 is 1.94 bits per heavy atom. The van der Waals surface area contributed by atoms with Crippen molar-refractivity contribution in [2.75, 3.05) is 6.61 Å². The summed E-state index contributed by atoms with van der Waals surface area (Å²) >= 11 is 0. The Kier molecular flexibility index (Phi) is 5.63. The Morgan fingerprint density at radius 3 is 2.56 bits per heavy atom. The van der Waals surface area contributed by atoms with E-state index < -0.39 is 5.60 Å². The summed E-state index contributed by atoms with van der Waals surface area (Å²) in [5.41, 5.74) is 0.479. The lowest BCUT2D eigenvalue weighted by molar-refractivity contribution is 0.0552. The molecule has 0 fully saturated rings. The molecule has 0 spiro atoms. The van der Waals surface area contributed by atoms with Crippen molar-refractivity contribution >= 4 is 0 Å². The second-order valence-corrected chi connectivity index (χ2v) is 5.55. The number of benzene rings is 1. The van der Waals surface area contributed by atoms with Crippen LogP contribution in [-0.4, -0.2) is 23.4 Å². The number of rotatable bonds is 7. The third-order valence-electron chi connectivity index (χ3n) is 2.64. The molecule has 3 heteroatoms. The first-order valence-electron chi connectivity index (χ1n) is 6.55. The van der Waals surface area contributed by atoms with Gasteiger partial charge in [-0.2, -0.15) is 0 Å². The van der Waals surface area contributed by atoms with Gasteiger partial charge in [-0.05, 0) is 19.9 Å². The van der Waals surface area contributed by atoms with Gasteiger partial charge in [-0.15, -0.1) is 0 Å². The second kappa shape index (κ2) is 6.76. The molecule has 102 valence electrons. The molecule has 0 aliphatic carbocycles. The molecule has 0 atom stereocenters. The fourth-order valence-electron chi connectivity index (χ4n) is 1.52. The van der Waals surface area contributed by atoms with Crippen LogP contribution in [0.15, 0.2) is 24.3 Å². The molecule has 0 saturated carbocycles. The zero-order chi connectivity index (χ0) is 13.6. The van der Waals surface area contributed by atoms with Crippen LogP contribution in [0, 0.1) is 0 Å². The van der Waals surface area contributed by atoms with Crippen LogP contribution in [0.2, 0.25) is 0 Å². The minimum Gasteiger partial charge on any atom is -0.493 e. The number of hydrogen-bond donors (Lipinski definition) is 2. The van der Waals surface area contributed by atoms with Crippen molar-refractivity contribution in [2.45, 2.75) is 52.3 Å². The molecular formula is C15H25NO2. The smallest absolute Gasteiger partial charge is 0.123 e. The van der Waals surface area contributed by atoms with E-state index in [0.717, 1.165) is 17.9 Å². The summed E-state index contributed by atoms with van der Waals surface area (Å²) in [5, 5.41) is 13.0. The van der Waals surface area contributed by atoms with E-state index in [1.165, 1.54) is 0 Å². The van der Waals surface area contributed by atoms with E-state index in [-0.39, 0.29) is 0 Å². The van der Waals surface area contributed by atoms with E-state index in [4.69, 9.17) is 4.74 Å². The summed E-state index contributed by atoms with van der Waals surface area (Å²) in [6.07, 6.45) is 0.624. The molecule has 0 aliphatic heterocycles. The lowest BCUT2D eigenvalue weighted by atomic mass is 10.1. The van der Waals surface area contributed by atoms with Crippen molar-refractivity contribution < 1.29 is 9.84 Å². The van der Waals surface area contributed by atoms with Crippen LogP contribution >= 0.6 is 0 Å². The van der Waals surface area contributed by atoms with Crippen molar-refractivity contribution in [3.63, 3.8) is 0 Å². The van der Waals surface area contributed by atoms with Crippen LogP contribution in [0.5, 0.6) is 5.75 Å². The van der Waals surface area contributed by atoms with Crippen LogP contribution in [0.3, 0.4) is 0 Å². The average Bonchev–Trinajstić information content (AvgIpc) is 2.26. The summed E-state index contributed by atoms with van der Waals surface area (Å²) < 4.78 is 5.75. The molecule has 1 rings (SSSR count). The molecule has 1 aromatic rings. The normalized spacial score (nSPS) is 11.9. The summed E-state index contributed by atoms with van der Waals surface area (Å²) in [4.78, 5) is 0. The van der Waals surface area contributed by atoms with Crippen LogP contribution in [0.25, 0.3) is 0 Å². The minimum absolute atomic E-state index is 0.453. The van der Waals surface area contributed by atoms with Gasteiger partial charge in [-0.1, -0.05) is 32.0 Å². The van der Waals surface area contributed by atoms with Gasteiger partial charge < -0.3 is 15.2 Å². The van der Waals surface area contributed by atoms with Gasteiger partial charge in [0.25, 0.3) is 0 Å². The summed E-state index contributed by atoms with van der Waals surface area (Å²) in [6.45, 7) is 9.17. The Balaban J connectivity index is 2.53. The first kappa shape index (κ1) is 15.0. The van der Waals surface area contributed by atoms with Gasteiger partial charge in [0.2, 0.25) is 0 Å². The van der Waals surface area contributed by atoms with E-state index in [0.29, 0.717) is 19.1 Å². The quantitative estimate of drug-likeness (QED) is 0.783. The lowest BCUT2D eigenvalue weighted by Gasteiger charge is -2.18. The zero-order valence-corrected chi connectivity index (χ0v) is 11.9. The van der Waals surface area contributed by atoms with Crippen molar-refractivity contribution in [1.82, 2.24) is 5.32 Å². The van der Waals surface area contributed by atoms with Crippen molar-refractivity contribution in [1.29, 1.82) is 0 Å². The molecule has 0 bridgehead atoms. The van der Waals surface area contributed by atoms with E-state index in [1.54, 1.807) is 13.8 Å². The van der Waals surface area contributed by atoms with Crippen LogP contribution in [0.1, 0.15) is 39.7 Å². The molecule has 0 unspecified atom stereocenters. The average molecular weight is 251 g/mol. The predicted octanol–water partition coefficient (Wildman–Crippen LogP) is 2.72. The first-order valence-corrected chi connectivity index (χ1v) is 6.55. The number of ether oxygens (including phenoxy) is 1. The van der Waals surface area contributed by atoms with Gasteiger partial charge >= 0.3 is 0 Å². The number of para-hydroxylation sites is 1. The number of aliphatic hydroxyl groups is 1. The minimum atomic E-state index is -0.675. The number of nitrogens with one attached hydrogen (secondary N) is 1. The topological polar surface area (TPSA) is 41.5 Å². The Hall–Kier alpha value is -1.06. The van der Waals surface area contributed by atoms with Gasteiger partial charge in [0, 0.05) is 24.6 Å². The first-order chi connectivity index (χ1) is 8.38. The van der Waals surface area contributed by atoms with Gasteiger partial charge in [-0.3, -0.25) is 0 Å². The fourth-order valence-corrected chi connectivity index (χ4v) is 1.52. The molecule has 0 heterocycles. The van der Waals surface area contributed by atoms with Crippen molar-refractivity contribution in [3.8, 4) is 5.75 Å². The van der Waals surface area contributed by atoms with Crippen LogP contribution in [0.4, 0.5) is 0 Å². The Bertz CT molecular complexity index is 356. The molecule has 2 N–H and O–H groups in total. The van der Waals surface area contributed by atoms with Gasteiger partial charge in [0.1, 0.15) is 5.75 Å². The maximum Gasteiger partial charge on any atom is 0.123 e. The Labute approximate surface area is 110 Å². The second-order valence-electron chi connectivity index (χ2n) is 5.55. The van der Waals surface area contributed by atoms with E-state index in [9.17, 15) is 5.11 Å². The molecule has 0 radical (unpaired) electrons. The molecular weight excluding hydrogens is 226 g/mol. The van der Waals surface area contributed by atoms with Gasteiger partial charge in [0.15, 0.2) is 0 Å². The maximum absolute atomic E-state index is 9.65. The highest BCUT2D eigenvalue weighted by Gasteiger charge is 2.12. The molecule has 1 aromatic carbocycles. The third kappa shape index (κ3) is 6.03. The molecule has 18 heavy (non-hydrogen) atoms. The highest BCUT2D eigenvalue weighted by Crippen LogP contribution is 2.19. The molecule has 0 aliphatic rings. The van der Waals surface area contributed by atoms with Crippen LogP contribution < -0.4 is 10.1 Å². The molecule has 0 amide bonds. The van der Waals surface area contributed by atoms with Gasteiger partial charge in [-0.25, -0.2) is 0 Å². The maximum atomic E-state index is 9.65. The van der Waals surface area contributed by atoms with Crippen molar-refractivity contribution in [3.05, 3.63) is 29.8 Å². The van der Waals surface area contributed by atoms with E-state index in [2.05, 4.69) is 25.2 Å². The zero-order valence-electron chi connectivity index (χ0n) is 11.9. The van der Waals surface area contributed by atoms with Crippen LogP contribution in [-0.2, 0) is 6.54 Å². The van der Waals surface area contributed by atoms with E-state index in [1.807, 2.05) is 18.2 Å². The highest BCUT2D eigenvalue weighted by molar-refractivity contribution is 5.33. The standard InChI is InChI=1S/C15H25NO2/c1-12(2)16-11-13-7-5-6-8-14(13)18-10-9-15(3,4)17/h5-8,12,16-17H,9-11H2,1-4H3. The monoisotopic (exact) mass is 251 g/mol. The predicted molar refractivity (Wildman–Crippen MR) is 74.8 cm³/mol. The molecule has 0 saturated heterocycles. The fraction of sp³-hybridized carbons (Fsp3) is 0.600. The summed E-state index contributed by atoms with van der Waals surface area (Å²) in [7, 11) is 0. The molecule has 0 aromatic heterocycles. The third-order valence-corrected chi connectivity index (χ3v) is 2.64. The summed E-state index contributed by atoms with van der Waals surface area (Å²) in [5.74, 6) is 0.898. The van der Waals surface area contributed by atoms with Gasteiger partial charge in [0.05, 0.1) is 12.2 Å². The summed E-state index contributed by atoms with van der Waals surface area (Å²) in [6, 6.07) is 8.48. The molecule has 3 nitrogen and oxygen atoms in total.